The Kier molecular flexibility index (Phi) is 7.74. The second-order valence-corrected chi connectivity index (χ2v) is 15.5. The topological polar surface area (TPSA) is 126 Å². The van der Waals surface area contributed by atoms with Crippen LogP contribution in [0.15, 0.2) is 46.2 Å². The molecule has 7 unspecified atom stereocenters. The molecular formula is C32H30Cl2N2O7S2. The Morgan fingerprint density at radius 1 is 1.07 bits per heavy atom. The summed E-state index contributed by atoms with van der Waals surface area (Å²) < 4.78 is 11.9. The number of aromatic amines is 1. The van der Waals surface area contributed by atoms with Gasteiger partial charge in [-0.25, -0.2) is 4.79 Å². The number of fused-ring (bicyclic) bond motifs is 9. The molecule has 2 amide bonds. The van der Waals surface area contributed by atoms with Gasteiger partial charge >= 0.3 is 10.8 Å². The second kappa shape index (κ2) is 11.4. The maximum absolute atomic E-state index is 13.9. The first kappa shape index (κ1) is 30.7. The van der Waals surface area contributed by atoms with E-state index in [9.17, 15) is 24.3 Å². The number of imide groups is 1. The maximum atomic E-state index is 13.9. The number of amides is 2. The Morgan fingerprint density at radius 3 is 2.47 bits per heavy atom. The highest BCUT2D eigenvalue weighted by atomic mass is 35.5. The van der Waals surface area contributed by atoms with E-state index in [0.717, 1.165) is 25.9 Å². The van der Waals surface area contributed by atoms with Gasteiger partial charge in [-0.2, -0.15) is 0 Å². The van der Waals surface area contributed by atoms with Gasteiger partial charge < -0.3 is 19.6 Å². The van der Waals surface area contributed by atoms with E-state index in [4.69, 9.17) is 32.7 Å². The fourth-order valence-electron chi connectivity index (χ4n) is 8.17. The highest BCUT2D eigenvalue weighted by molar-refractivity contribution is 8.00. The number of thiazole rings is 1. The van der Waals surface area contributed by atoms with Crippen LogP contribution in [0.1, 0.15) is 42.2 Å². The van der Waals surface area contributed by atoms with Gasteiger partial charge in [-0.05, 0) is 59.9 Å². The molecule has 8 atom stereocenters. The summed E-state index contributed by atoms with van der Waals surface area (Å²) in [6, 6.07) is 9.73. The first-order valence-corrected chi connectivity index (χ1v) is 17.2. The number of halogens is 2. The number of aromatic nitrogens is 1. The predicted molar refractivity (Wildman–Crippen MR) is 170 cm³/mol. The quantitative estimate of drug-likeness (QED) is 0.280. The van der Waals surface area contributed by atoms with Crippen molar-refractivity contribution >= 4 is 64.1 Å². The molecule has 2 N–H and O–H groups in total. The number of aliphatic carboxylic acids is 1. The van der Waals surface area contributed by atoms with Crippen molar-refractivity contribution in [3.05, 3.63) is 72.1 Å². The monoisotopic (exact) mass is 688 g/mol. The summed E-state index contributed by atoms with van der Waals surface area (Å²) in [6.07, 6.45) is 0.707. The number of thioether (sulfide) groups is 1. The van der Waals surface area contributed by atoms with Crippen LogP contribution < -0.4 is 14.3 Å². The smallest absolute Gasteiger partial charge is 0.327 e. The second-order valence-electron chi connectivity index (χ2n) is 12.5. The van der Waals surface area contributed by atoms with Crippen molar-refractivity contribution in [3.8, 4) is 11.5 Å². The molecule has 2 aliphatic carbocycles. The van der Waals surface area contributed by atoms with Crippen LogP contribution >= 0.6 is 46.3 Å². The standard InChI is InChI=1S/C32H30Cl2N2O7S2/c1-12(2)25(31(39)40)36-29(37)23-16-10-17(24(23)30(36)38)26-22(16)21(27-28(44-26)35-32(41)45-27)13-5-7-19(20(8-13)42-3)43-11-14-4-6-15(33)9-18(14)34/h4-9,12,16-17,21-26H,10-11H2,1-3H3,(H,35,41)(H,39,40)/t16?,17?,21-,22?,23?,24?,25?,26?/m1/s1. The lowest BCUT2D eigenvalue weighted by molar-refractivity contribution is -0.157. The molecule has 1 aromatic heterocycles. The minimum absolute atomic E-state index is 0.0213. The zero-order valence-electron chi connectivity index (χ0n) is 24.5. The van der Waals surface area contributed by atoms with Crippen LogP contribution in [-0.2, 0) is 21.0 Å². The molecule has 7 rings (SSSR count). The number of hydrogen-bond donors (Lipinski definition) is 2. The van der Waals surface area contributed by atoms with Gasteiger partial charge in [0.05, 0.1) is 24.0 Å². The SMILES string of the molecule is COc1cc([C@H]2c3sc(=O)[nH]c3SC3C4CC(C5C(=O)N(C(C(=O)O)C(C)C)C(=O)C45)C32)ccc1OCc1ccc(Cl)cc1Cl. The molecule has 2 aromatic carbocycles. The number of carboxylic acids is 1. The van der Waals surface area contributed by atoms with Crippen molar-refractivity contribution in [3.63, 3.8) is 0 Å². The largest absolute Gasteiger partial charge is 0.493 e. The lowest BCUT2D eigenvalue weighted by atomic mass is 9.68. The lowest BCUT2D eigenvalue weighted by Gasteiger charge is -2.43. The summed E-state index contributed by atoms with van der Waals surface area (Å²) in [5.41, 5.74) is 1.68. The molecule has 1 saturated heterocycles. The number of carbonyl (C=O) groups is 3. The van der Waals surface area contributed by atoms with Crippen molar-refractivity contribution in [1.29, 1.82) is 0 Å². The molecule has 9 nitrogen and oxygen atoms in total. The fourth-order valence-corrected chi connectivity index (χ4v) is 11.5. The number of nitrogens with one attached hydrogen (secondary N) is 1. The van der Waals surface area contributed by atoms with Crippen molar-refractivity contribution in [1.82, 2.24) is 9.88 Å². The van der Waals surface area contributed by atoms with E-state index in [-0.39, 0.29) is 52.2 Å². The molecular weight excluding hydrogens is 659 g/mol. The Balaban J connectivity index is 1.24. The summed E-state index contributed by atoms with van der Waals surface area (Å²) in [5, 5.41) is 11.7. The highest BCUT2D eigenvalue weighted by Crippen LogP contribution is 2.68. The van der Waals surface area contributed by atoms with Gasteiger partial charge in [0.25, 0.3) is 0 Å². The van der Waals surface area contributed by atoms with E-state index < -0.39 is 29.8 Å². The van der Waals surface area contributed by atoms with Crippen molar-refractivity contribution in [2.75, 3.05) is 7.11 Å². The van der Waals surface area contributed by atoms with Crippen LogP contribution in [0.2, 0.25) is 10.0 Å². The van der Waals surface area contributed by atoms with E-state index in [2.05, 4.69) is 4.98 Å². The Labute approximate surface area is 277 Å². The summed E-state index contributed by atoms with van der Waals surface area (Å²) >= 11 is 15.1. The van der Waals surface area contributed by atoms with Gasteiger partial charge in [0.2, 0.25) is 11.8 Å². The third-order valence-corrected chi connectivity index (χ3v) is 13.0. The highest BCUT2D eigenvalue weighted by Gasteiger charge is 2.70. The van der Waals surface area contributed by atoms with Crippen molar-refractivity contribution in [2.24, 2.45) is 35.5 Å². The summed E-state index contributed by atoms with van der Waals surface area (Å²) in [6.45, 7) is 3.63. The van der Waals surface area contributed by atoms with Gasteiger partial charge in [-0.15, -0.1) is 11.8 Å². The zero-order valence-corrected chi connectivity index (χ0v) is 27.6. The average molecular weight is 690 g/mol. The normalized spacial score (nSPS) is 28.7. The van der Waals surface area contributed by atoms with E-state index in [1.165, 1.54) is 11.3 Å². The number of methoxy groups -OCH3 is 1. The molecule has 3 aromatic rings. The van der Waals surface area contributed by atoms with Crippen molar-refractivity contribution in [2.45, 2.75) is 49.1 Å². The van der Waals surface area contributed by atoms with Gasteiger partial charge in [0.15, 0.2) is 11.5 Å². The Bertz CT molecular complexity index is 1790. The average Bonchev–Trinajstić information content (AvgIpc) is 3.72. The third-order valence-electron chi connectivity index (χ3n) is 9.87. The fraction of sp³-hybridized carbons (Fsp3) is 0.438. The van der Waals surface area contributed by atoms with E-state index in [1.54, 1.807) is 50.9 Å². The van der Waals surface area contributed by atoms with Crippen LogP contribution in [0.25, 0.3) is 0 Å². The number of carbonyl (C=O) groups excluding carboxylic acids is 2. The van der Waals surface area contributed by atoms with Gasteiger partial charge in [0, 0.05) is 31.7 Å². The molecule has 2 saturated carbocycles. The summed E-state index contributed by atoms with van der Waals surface area (Å²) in [4.78, 5) is 57.3. The number of likely N-dealkylation sites (tertiary alicyclic amines) is 1. The maximum Gasteiger partial charge on any atom is 0.327 e. The Morgan fingerprint density at radius 2 is 1.80 bits per heavy atom. The number of benzene rings is 2. The zero-order chi connectivity index (χ0) is 31.9. The van der Waals surface area contributed by atoms with Gasteiger partial charge in [0.1, 0.15) is 12.6 Å². The molecule has 3 heterocycles. The molecule has 45 heavy (non-hydrogen) atoms. The number of hydrogen-bond acceptors (Lipinski definition) is 8. The molecule has 2 bridgehead atoms. The van der Waals surface area contributed by atoms with E-state index in [0.29, 0.717) is 28.0 Å². The number of nitrogens with zero attached hydrogens (tertiary/aromatic N) is 1. The third kappa shape index (κ3) is 4.80. The molecule has 0 radical (unpaired) electrons. The number of rotatable bonds is 8. The van der Waals surface area contributed by atoms with Crippen LogP contribution in [0.5, 0.6) is 11.5 Å². The molecule has 13 heteroatoms. The lowest BCUT2D eigenvalue weighted by Crippen LogP contribution is -2.49. The van der Waals surface area contributed by atoms with E-state index >= 15 is 0 Å². The molecule has 2 aliphatic heterocycles. The van der Waals surface area contributed by atoms with Gasteiger partial charge in [-0.3, -0.25) is 19.3 Å². The van der Waals surface area contributed by atoms with Crippen LogP contribution in [0.3, 0.4) is 0 Å². The van der Waals surface area contributed by atoms with E-state index in [1.807, 2.05) is 18.2 Å². The number of H-pyrrole nitrogens is 1. The van der Waals surface area contributed by atoms with Crippen LogP contribution in [-0.4, -0.2) is 51.2 Å². The first-order chi connectivity index (χ1) is 21.5. The van der Waals surface area contributed by atoms with Crippen LogP contribution in [0, 0.1) is 35.5 Å². The minimum atomic E-state index is -1.20. The molecule has 0 spiro atoms. The molecule has 3 fully saturated rings. The first-order valence-electron chi connectivity index (χ1n) is 14.7. The minimum Gasteiger partial charge on any atom is -0.493 e. The van der Waals surface area contributed by atoms with Gasteiger partial charge in [-0.1, -0.05) is 60.5 Å². The summed E-state index contributed by atoms with van der Waals surface area (Å²) in [7, 11) is 1.56. The van der Waals surface area contributed by atoms with Crippen molar-refractivity contribution < 1.29 is 29.0 Å². The summed E-state index contributed by atoms with van der Waals surface area (Å²) in [5.74, 6) is -2.93. The molecule has 4 aliphatic rings. The Hall–Kier alpha value is -2.99. The molecule has 236 valence electrons. The van der Waals surface area contributed by atoms with Crippen LogP contribution in [0.4, 0.5) is 0 Å². The predicted octanol–water partition coefficient (Wildman–Crippen LogP) is 5.91. The number of carboxylic acid groups (broad SMARTS) is 1. The number of ether oxygens (including phenoxy) is 2.